The molecule has 0 bridgehead atoms. The second-order valence-electron chi connectivity index (χ2n) is 13.4. The van der Waals surface area contributed by atoms with E-state index in [-0.39, 0.29) is 54.2 Å². The molecule has 4 aliphatic rings. The van der Waals surface area contributed by atoms with Crippen molar-refractivity contribution in [3.63, 3.8) is 0 Å². The Morgan fingerprint density at radius 2 is 1.54 bits per heavy atom. The van der Waals surface area contributed by atoms with Gasteiger partial charge in [-0.2, -0.15) is 0 Å². The maximum Gasteiger partial charge on any atom is 1.00 e. The summed E-state index contributed by atoms with van der Waals surface area (Å²) >= 11 is 0. The van der Waals surface area contributed by atoms with Crippen LogP contribution in [-0.4, -0.2) is 85.8 Å². The SMILES string of the molecule is CC(C)C(O)/C=C/[C@@H](C)[C@H]1[C@@H](O)[C@@H](O)C2[C@]3(O)C[C@H](O)C4[C@@H](O)[C@@H](OS(=O)(=O)[O-])CC[C@]4(C)C3CC[C@@]21C.[Na+]. The van der Waals surface area contributed by atoms with E-state index < -0.39 is 87.1 Å². The minimum atomic E-state index is -5.05. The molecule has 39 heavy (non-hydrogen) atoms. The first-order valence-electron chi connectivity index (χ1n) is 13.8. The van der Waals surface area contributed by atoms with Crippen molar-refractivity contribution in [3.8, 4) is 0 Å². The molecule has 4 aliphatic carbocycles. The van der Waals surface area contributed by atoms with Crippen molar-refractivity contribution >= 4 is 10.4 Å². The third kappa shape index (κ3) is 5.58. The average molecular weight is 585 g/mol. The summed E-state index contributed by atoms with van der Waals surface area (Å²) in [6, 6.07) is 0. The molecular weight excluding hydrogens is 539 g/mol. The molecule has 0 spiro atoms. The summed E-state index contributed by atoms with van der Waals surface area (Å²) < 4.78 is 38.2. The monoisotopic (exact) mass is 584 g/mol. The molecule has 4 fully saturated rings. The third-order valence-corrected chi connectivity index (χ3v) is 11.5. The van der Waals surface area contributed by atoms with E-state index >= 15 is 0 Å². The molecule has 6 N–H and O–H groups in total. The standard InChI is InChI=1S/C27H46O10S.Na/c1-13(2)15(28)7-6-14(3)19-22(31)23(32)24-26(19,5)11-9-18-25(4)10-8-17(37-38(34,35)36)21(30)20(25)16(29)12-27(18,24)33;/h6-7,13-24,28-33H,8-12H2,1-5H3,(H,34,35,36);/q;+1/p-1/b7-6+;/t14-,15?,16+,17+,18?,19+,20?,21+,22-,23-,24?,25-,26-,27+;/m1./s1. The van der Waals surface area contributed by atoms with Crippen LogP contribution in [-0.2, 0) is 14.6 Å². The summed E-state index contributed by atoms with van der Waals surface area (Å²) in [5, 5.41) is 67.7. The molecule has 0 aromatic rings. The van der Waals surface area contributed by atoms with Crippen molar-refractivity contribution in [1.82, 2.24) is 0 Å². The minimum Gasteiger partial charge on any atom is -0.726 e. The van der Waals surface area contributed by atoms with Gasteiger partial charge in [0.25, 0.3) is 0 Å². The first-order chi connectivity index (χ1) is 17.4. The van der Waals surface area contributed by atoms with Crippen LogP contribution in [0, 0.1) is 46.3 Å². The molecule has 220 valence electrons. The summed E-state index contributed by atoms with van der Waals surface area (Å²) in [6.07, 6.45) is -2.08. The Kier molecular flexibility index (Phi) is 9.95. The normalized spacial score (nSPS) is 49.6. The molecular formula is C27H45NaO10S. The second-order valence-corrected chi connectivity index (χ2v) is 14.4. The Morgan fingerprint density at radius 1 is 0.949 bits per heavy atom. The fourth-order valence-corrected chi connectivity index (χ4v) is 9.94. The molecule has 10 nitrogen and oxygen atoms in total. The zero-order chi connectivity index (χ0) is 28.6. The number of allylic oxidation sites excluding steroid dienone is 1. The molecule has 0 amide bonds. The fraction of sp³-hybridized carbons (Fsp3) is 0.926. The molecule has 0 aromatic carbocycles. The van der Waals surface area contributed by atoms with E-state index in [4.69, 9.17) is 0 Å². The Bertz CT molecular complexity index is 1020. The van der Waals surface area contributed by atoms with Gasteiger partial charge >= 0.3 is 29.6 Å². The summed E-state index contributed by atoms with van der Waals surface area (Å²) in [7, 11) is -5.05. The van der Waals surface area contributed by atoms with Gasteiger partial charge in [0, 0.05) is 18.3 Å². The average Bonchev–Trinajstić information content (AvgIpc) is 2.98. The van der Waals surface area contributed by atoms with Gasteiger partial charge in [0.05, 0.1) is 36.1 Å². The molecule has 4 rings (SSSR count). The van der Waals surface area contributed by atoms with Gasteiger partial charge in [-0.05, 0) is 60.2 Å². The summed E-state index contributed by atoms with van der Waals surface area (Å²) in [5.74, 6) is -2.61. The molecule has 0 aliphatic heterocycles. The second kappa shape index (κ2) is 11.5. The smallest absolute Gasteiger partial charge is 0.726 e. The van der Waals surface area contributed by atoms with Crippen molar-refractivity contribution in [2.24, 2.45) is 46.3 Å². The van der Waals surface area contributed by atoms with Gasteiger partial charge in [-0.1, -0.05) is 46.8 Å². The van der Waals surface area contributed by atoms with Crippen LogP contribution in [0.15, 0.2) is 12.2 Å². The number of fused-ring (bicyclic) bond motifs is 5. The molecule has 0 radical (unpaired) electrons. The van der Waals surface area contributed by atoms with Crippen molar-refractivity contribution < 1.29 is 77.4 Å². The van der Waals surface area contributed by atoms with Crippen LogP contribution in [0.25, 0.3) is 0 Å². The predicted octanol–water partition coefficient (Wildman–Crippen LogP) is -2.30. The first kappa shape index (κ1) is 33.9. The van der Waals surface area contributed by atoms with Crippen LogP contribution in [0.2, 0.25) is 0 Å². The van der Waals surface area contributed by atoms with E-state index in [0.29, 0.717) is 19.3 Å². The van der Waals surface area contributed by atoms with E-state index in [0.717, 1.165) is 0 Å². The van der Waals surface area contributed by atoms with Crippen LogP contribution in [0.1, 0.15) is 66.7 Å². The summed E-state index contributed by atoms with van der Waals surface area (Å²) in [4.78, 5) is 0. The zero-order valence-electron chi connectivity index (χ0n) is 23.8. The van der Waals surface area contributed by atoms with Gasteiger partial charge in [-0.25, -0.2) is 8.42 Å². The number of aliphatic hydroxyl groups excluding tert-OH is 5. The number of hydrogen-bond donors (Lipinski definition) is 6. The minimum absolute atomic E-state index is 0. The molecule has 4 saturated carbocycles. The number of rotatable bonds is 6. The van der Waals surface area contributed by atoms with Gasteiger partial charge < -0.3 is 35.2 Å². The van der Waals surface area contributed by atoms with E-state index in [2.05, 4.69) is 4.18 Å². The van der Waals surface area contributed by atoms with Gasteiger partial charge in [0.15, 0.2) is 0 Å². The Hall–Kier alpha value is 0.370. The van der Waals surface area contributed by atoms with Crippen molar-refractivity contribution in [3.05, 3.63) is 12.2 Å². The maximum absolute atomic E-state index is 12.4. The van der Waals surface area contributed by atoms with Crippen molar-refractivity contribution in [1.29, 1.82) is 0 Å². The quantitative estimate of drug-likeness (QED) is 0.0858. The topological polar surface area (TPSA) is 188 Å². The Labute approximate surface area is 254 Å². The number of aliphatic hydroxyl groups is 6. The van der Waals surface area contributed by atoms with Crippen molar-refractivity contribution in [2.45, 2.75) is 109 Å². The maximum atomic E-state index is 12.4. The van der Waals surface area contributed by atoms with Crippen LogP contribution in [0.4, 0.5) is 0 Å². The number of hydrogen-bond acceptors (Lipinski definition) is 10. The van der Waals surface area contributed by atoms with E-state index in [1.807, 2.05) is 40.7 Å². The molecule has 14 atom stereocenters. The van der Waals surface area contributed by atoms with Crippen LogP contribution >= 0.6 is 0 Å². The predicted molar refractivity (Wildman–Crippen MR) is 136 cm³/mol. The zero-order valence-corrected chi connectivity index (χ0v) is 26.7. The van der Waals surface area contributed by atoms with E-state index in [9.17, 15) is 43.6 Å². The molecule has 12 heteroatoms. The van der Waals surface area contributed by atoms with Gasteiger partial charge in [0.1, 0.15) is 6.10 Å². The molecule has 0 aromatic heterocycles. The van der Waals surface area contributed by atoms with Crippen molar-refractivity contribution in [2.75, 3.05) is 0 Å². The molecule has 0 heterocycles. The first-order valence-corrected chi connectivity index (χ1v) is 15.2. The molecule has 4 unspecified atom stereocenters. The van der Waals surface area contributed by atoms with Gasteiger partial charge in [-0.3, -0.25) is 4.18 Å². The molecule has 0 saturated heterocycles. The van der Waals surface area contributed by atoms with Crippen LogP contribution in [0.3, 0.4) is 0 Å². The summed E-state index contributed by atoms with van der Waals surface area (Å²) in [5.41, 5.74) is -3.05. The largest absolute Gasteiger partial charge is 1.00 e. The summed E-state index contributed by atoms with van der Waals surface area (Å²) in [6.45, 7) is 9.57. The van der Waals surface area contributed by atoms with Gasteiger partial charge in [0.2, 0.25) is 10.4 Å². The van der Waals surface area contributed by atoms with E-state index in [1.165, 1.54) is 0 Å². The Morgan fingerprint density at radius 3 is 2.10 bits per heavy atom. The van der Waals surface area contributed by atoms with Gasteiger partial charge in [-0.15, -0.1) is 0 Å². The fourth-order valence-electron chi connectivity index (χ4n) is 9.42. The van der Waals surface area contributed by atoms with Crippen LogP contribution in [0.5, 0.6) is 0 Å². The van der Waals surface area contributed by atoms with Crippen LogP contribution < -0.4 is 29.6 Å². The third-order valence-electron chi connectivity index (χ3n) is 11.0. The Balaban J connectivity index is 0.00000420. The van der Waals surface area contributed by atoms with E-state index in [1.54, 1.807) is 6.08 Å².